The molecule has 1 aromatic heterocycles. The maximum Gasteiger partial charge on any atom is 0.227 e. The molecule has 0 spiro atoms. The van der Waals surface area contributed by atoms with Gasteiger partial charge < -0.3 is 15.5 Å². The molecule has 0 atom stereocenters. The van der Waals surface area contributed by atoms with E-state index in [1.807, 2.05) is 19.0 Å². The molecular formula is C14H23N5. The summed E-state index contributed by atoms with van der Waals surface area (Å²) in [5.74, 6) is 2.69. The minimum absolute atomic E-state index is 0.816. The fourth-order valence-electron chi connectivity index (χ4n) is 2.61. The Morgan fingerprint density at radius 1 is 1.32 bits per heavy atom. The summed E-state index contributed by atoms with van der Waals surface area (Å²) in [6.45, 7) is 2.95. The van der Waals surface area contributed by atoms with Crippen LogP contribution in [0, 0.1) is 5.92 Å². The Hall–Kier alpha value is -1.36. The topological polar surface area (TPSA) is 53.1 Å². The average molecular weight is 261 g/mol. The van der Waals surface area contributed by atoms with Crippen LogP contribution in [0.2, 0.25) is 0 Å². The van der Waals surface area contributed by atoms with Crippen LogP contribution in [0.25, 0.3) is 0 Å². The van der Waals surface area contributed by atoms with E-state index in [0.717, 1.165) is 43.7 Å². The zero-order valence-corrected chi connectivity index (χ0v) is 11.9. The predicted molar refractivity (Wildman–Crippen MR) is 77.6 cm³/mol. The van der Waals surface area contributed by atoms with Crippen LogP contribution in [0.5, 0.6) is 0 Å². The number of anilines is 2. The smallest absolute Gasteiger partial charge is 0.227 e. The molecule has 5 heteroatoms. The zero-order chi connectivity index (χ0) is 13.2. The number of hydrogen-bond donors (Lipinski definition) is 2. The number of aromatic nitrogens is 2. The standard InChI is InChI=1S/C14H23N5/c1-19(2)14-17-12-6-7-15-9-11(12)13(18-14)16-8-10-4-3-5-10/h10,15H,3-9H2,1-2H3,(H,16,17,18). The maximum absolute atomic E-state index is 4.68. The van der Waals surface area contributed by atoms with E-state index in [2.05, 4.69) is 20.6 Å². The summed E-state index contributed by atoms with van der Waals surface area (Å²) < 4.78 is 0. The fraction of sp³-hybridized carbons (Fsp3) is 0.714. The molecule has 1 aliphatic heterocycles. The summed E-state index contributed by atoms with van der Waals surface area (Å²) in [6.07, 6.45) is 5.10. The molecule has 0 aromatic carbocycles. The Kier molecular flexibility index (Phi) is 3.55. The Balaban J connectivity index is 1.83. The van der Waals surface area contributed by atoms with Gasteiger partial charge in [-0.05, 0) is 18.8 Å². The van der Waals surface area contributed by atoms with Crippen LogP contribution in [0.3, 0.4) is 0 Å². The zero-order valence-electron chi connectivity index (χ0n) is 11.9. The lowest BCUT2D eigenvalue weighted by molar-refractivity contribution is 0.333. The highest BCUT2D eigenvalue weighted by atomic mass is 15.2. The van der Waals surface area contributed by atoms with Crippen molar-refractivity contribution < 1.29 is 0 Å². The molecule has 0 bridgehead atoms. The van der Waals surface area contributed by atoms with Crippen LogP contribution in [0.4, 0.5) is 11.8 Å². The van der Waals surface area contributed by atoms with E-state index in [1.54, 1.807) is 0 Å². The third-order valence-electron chi connectivity index (χ3n) is 4.10. The number of hydrogen-bond acceptors (Lipinski definition) is 5. The van der Waals surface area contributed by atoms with Gasteiger partial charge in [-0.2, -0.15) is 4.98 Å². The van der Waals surface area contributed by atoms with Crippen molar-refractivity contribution in [1.29, 1.82) is 0 Å². The lowest BCUT2D eigenvalue weighted by Gasteiger charge is -2.27. The van der Waals surface area contributed by atoms with E-state index >= 15 is 0 Å². The van der Waals surface area contributed by atoms with E-state index in [0.29, 0.717) is 0 Å². The van der Waals surface area contributed by atoms with Crippen LogP contribution >= 0.6 is 0 Å². The van der Waals surface area contributed by atoms with Gasteiger partial charge in [0, 0.05) is 45.7 Å². The highest BCUT2D eigenvalue weighted by Gasteiger charge is 2.21. The van der Waals surface area contributed by atoms with Crippen molar-refractivity contribution in [2.24, 2.45) is 5.92 Å². The molecule has 5 nitrogen and oxygen atoms in total. The lowest BCUT2D eigenvalue weighted by Crippen LogP contribution is -2.29. The molecular weight excluding hydrogens is 238 g/mol. The van der Waals surface area contributed by atoms with Crippen LogP contribution in [0.15, 0.2) is 0 Å². The second kappa shape index (κ2) is 5.33. The van der Waals surface area contributed by atoms with Crippen molar-refractivity contribution in [1.82, 2.24) is 15.3 Å². The summed E-state index contributed by atoms with van der Waals surface area (Å²) in [6, 6.07) is 0. The third kappa shape index (κ3) is 2.66. The summed E-state index contributed by atoms with van der Waals surface area (Å²) in [7, 11) is 4.00. The SMILES string of the molecule is CN(C)c1nc2c(c(NCC3CCC3)n1)CNCC2. The van der Waals surface area contributed by atoms with Gasteiger partial charge in [0.25, 0.3) is 0 Å². The van der Waals surface area contributed by atoms with Gasteiger partial charge in [0.1, 0.15) is 5.82 Å². The van der Waals surface area contributed by atoms with Gasteiger partial charge in [-0.1, -0.05) is 6.42 Å². The first kappa shape index (κ1) is 12.7. The molecule has 0 saturated heterocycles. The third-order valence-corrected chi connectivity index (χ3v) is 4.10. The van der Waals surface area contributed by atoms with E-state index in [4.69, 9.17) is 0 Å². The van der Waals surface area contributed by atoms with Gasteiger partial charge in [0.05, 0.1) is 5.69 Å². The maximum atomic E-state index is 4.68. The first-order valence-electron chi connectivity index (χ1n) is 7.25. The van der Waals surface area contributed by atoms with Crippen molar-refractivity contribution in [3.8, 4) is 0 Å². The van der Waals surface area contributed by atoms with Crippen LogP contribution in [-0.4, -0.2) is 37.2 Å². The Bertz CT molecular complexity index is 453. The summed E-state index contributed by atoms with van der Waals surface area (Å²) in [5.41, 5.74) is 2.46. The Labute approximate surface area is 114 Å². The van der Waals surface area contributed by atoms with Gasteiger partial charge >= 0.3 is 0 Å². The van der Waals surface area contributed by atoms with E-state index in [-0.39, 0.29) is 0 Å². The molecule has 1 saturated carbocycles. The largest absolute Gasteiger partial charge is 0.369 e. The molecule has 104 valence electrons. The minimum Gasteiger partial charge on any atom is -0.369 e. The molecule has 2 heterocycles. The van der Waals surface area contributed by atoms with E-state index in [1.165, 1.54) is 30.5 Å². The second-order valence-electron chi connectivity index (χ2n) is 5.80. The Morgan fingerprint density at radius 2 is 2.16 bits per heavy atom. The molecule has 0 unspecified atom stereocenters. The van der Waals surface area contributed by atoms with Crippen LogP contribution < -0.4 is 15.5 Å². The van der Waals surface area contributed by atoms with Gasteiger partial charge in [-0.15, -0.1) is 0 Å². The highest BCUT2D eigenvalue weighted by Crippen LogP contribution is 2.28. The van der Waals surface area contributed by atoms with Crippen LogP contribution in [-0.2, 0) is 13.0 Å². The molecule has 1 fully saturated rings. The molecule has 1 aromatic rings. The number of nitrogens with one attached hydrogen (secondary N) is 2. The lowest BCUT2D eigenvalue weighted by atomic mass is 9.85. The normalized spacial score (nSPS) is 18.6. The minimum atomic E-state index is 0.816. The average Bonchev–Trinajstić information content (AvgIpc) is 2.36. The van der Waals surface area contributed by atoms with Crippen molar-refractivity contribution >= 4 is 11.8 Å². The van der Waals surface area contributed by atoms with E-state index in [9.17, 15) is 0 Å². The summed E-state index contributed by atoms with van der Waals surface area (Å²) >= 11 is 0. The van der Waals surface area contributed by atoms with Gasteiger partial charge in [0.2, 0.25) is 5.95 Å². The molecule has 2 aliphatic rings. The summed E-state index contributed by atoms with van der Waals surface area (Å²) in [5, 5.41) is 6.96. The van der Waals surface area contributed by atoms with Gasteiger partial charge in [-0.3, -0.25) is 0 Å². The number of nitrogens with zero attached hydrogens (tertiary/aromatic N) is 3. The fourth-order valence-corrected chi connectivity index (χ4v) is 2.61. The second-order valence-corrected chi connectivity index (χ2v) is 5.80. The predicted octanol–water partition coefficient (Wildman–Crippen LogP) is 1.40. The van der Waals surface area contributed by atoms with E-state index < -0.39 is 0 Å². The molecule has 19 heavy (non-hydrogen) atoms. The van der Waals surface area contributed by atoms with Gasteiger partial charge in [-0.25, -0.2) is 4.98 Å². The molecule has 0 radical (unpaired) electrons. The first-order chi connectivity index (χ1) is 9.24. The van der Waals surface area contributed by atoms with Gasteiger partial charge in [0.15, 0.2) is 0 Å². The number of rotatable bonds is 4. The number of fused-ring (bicyclic) bond motifs is 1. The first-order valence-corrected chi connectivity index (χ1v) is 7.25. The molecule has 1 aliphatic carbocycles. The van der Waals surface area contributed by atoms with Crippen LogP contribution in [0.1, 0.15) is 30.5 Å². The monoisotopic (exact) mass is 261 g/mol. The molecule has 3 rings (SSSR count). The van der Waals surface area contributed by atoms with Crippen molar-refractivity contribution in [2.75, 3.05) is 37.4 Å². The quantitative estimate of drug-likeness (QED) is 0.858. The van der Waals surface area contributed by atoms with Crippen molar-refractivity contribution in [2.45, 2.75) is 32.2 Å². The summed E-state index contributed by atoms with van der Waals surface area (Å²) in [4.78, 5) is 11.3. The van der Waals surface area contributed by atoms with Crippen molar-refractivity contribution in [3.63, 3.8) is 0 Å². The molecule has 2 N–H and O–H groups in total. The molecule has 0 amide bonds. The van der Waals surface area contributed by atoms with Crippen molar-refractivity contribution in [3.05, 3.63) is 11.3 Å². The highest BCUT2D eigenvalue weighted by molar-refractivity contribution is 5.52. The Morgan fingerprint density at radius 3 is 2.84 bits per heavy atom.